The molecule has 0 unspecified atom stereocenters. The van der Waals surface area contributed by atoms with Crippen molar-refractivity contribution in [3.8, 4) is 5.75 Å². The number of fused-ring (bicyclic) bond motifs is 1. The Hall–Kier alpha value is -1.96. The minimum absolute atomic E-state index is 0.187. The molecule has 5 nitrogen and oxygen atoms in total. The topological polar surface area (TPSA) is 59.5 Å². The fourth-order valence-corrected chi connectivity index (χ4v) is 4.87. The van der Waals surface area contributed by atoms with E-state index in [9.17, 15) is 8.42 Å². The number of aromatic nitrogens is 1. The van der Waals surface area contributed by atoms with Crippen molar-refractivity contribution < 1.29 is 13.2 Å². The maximum absolute atomic E-state index is 12.8. The highest BCUT2D eigenvalue weighted by atomic mass is 79.9. The highest BCUT2D eigenvalue weighted by molar-refractivity contribution is 9.10. The van der Waals surface area contributed by atoms with E-state index in [1.807, 2.05) is 30.3 Å². The summed E-state index contributed by atoms with van der Waals surface area (Å²) in [6.45, 7) is 0.781. The second kappa shape index (κ2) is 6.98. The molecule has 0 saturated carbocycles. The third-order valence-electron chi connectivity index (χ3n) is 4.45. The molecule has 1 atom stereocenters. The minimum atomic E-state index is -3.51. The van der Waals surface area contributed by atoms with E-state index in [0.717, 1.165) is 15.4 Å². The number of nitrogens with zero attached hydrogens (tertiary/aromatic N) is 2. The van der Waals surface area contributed by atoms with E-state index in [1.54, 1.807) is 30.5 Å². The van der Waals surface area contributed by atoms with E-state index >= 15 is 0 Å². The highest BCUT2D eigenvalue weighted by Gasteiger charge is 2.33. The first-order valence-corrected chi connectivity index (χ1v) is 10.5. The summed E-state index contributed by atoms with van der Waals surface area (Å²) in [5, 5.41) is 1.00. The molecule has 0 radical (unpaired) electrons. The fraction of sp³-hybridized carbons (Fsp3) is 0.211. The third kappa shape index (κ3) is 3.34. The van der Waals surface area contributed by atoms with Gasteiger partial charge < -0.3 is 4.74 Å². The van der Waals surface area contributed by atoms with Crippen molar-refractivity contribution in [2.45, 2.75) is 17.4 Å². The smallest absolute Gasteiger partial charge is 0.243 e. The van der Waals surface area contributed by atoms with Crippen LogP contribution in [0.1, 0.15) is 6.42 Å². The number of sulfonamides is 1. The maximum Gasteiger partial charge on any atom is 0.243 e. The van der Waals surface area contributed by atoms with Crippen molar-refractivity contribution in [1.82, 2.24) is 9.29 Å². The Morgan fingerprint density at radius 1 is 1.08 bits per heavy atom. The summed E-state index contributed by atoms with van der Waals surface area (Å²) in [6.07, 6.45) is 2.19. The second-order valence-corrected chi connectivity index (χ2v) is 9.03. The van der Waals surface area contributed by atoms with Gasteiger partial charge in [-0.05, 0) is 42.8 Å². The van der Waals surface area contributed by atoms with E-state index in [0.29, 0.717) is 30.2 Å². The van der Waals surface area contributed by atoms with Gasteiger partial charge in [-0.15, -0.1) is 0 Å². The van der Waals surface area contributed by atoms with Gasteiger partial charge in [0.05, 0.1) is 11.4 Å². The molecule has 1 aromatic heterocycles. The number of hydrogen-bond acceptors (Lipinski definition) is 4. The molecule has 0 aliphatic carbocycles. The first kappa shape index (κ1) is 17.5. The Morgan fingerprint density at radius 2 is 1.85 bits per heavy atom. The zero-order valence-corrected chi connectivity index (χ0v) is 16.3. The van der Waals surface area contributed by atoms with Crippen molar-refractivity contribution in [1.29, 1.82) is 0 Å². The molecule has 7 heteroatoms. The normalized spacial score (nSPS) is 18.3. The van der Waals surface area contributed by atoms with E-state index < -0.39 is 10.0 Å². The van der Waals surface area contributed by atoms with Gasteiger partial charge in [0, 0.05) is 22.6 Å². The van der Waals surface area contributed by atoms with Gasteiger partial charge in [-0.25, -0.2) is 8.42 Å². The number of rotatable bonds is 4. The molecule has 1 aliphatic rings. The Labute approximate surface area is 160 Å². The summed E-state index contributed by atoms with van der Waals surface area (Å²) >= 11 is 3.33. The van der Waals surface area contributed by atoms with Crippen molar-refractivity contribution in [3.63, 3.8) is 0 Å². The lowest BCUT2D eigenvalue weighted by molar-refractivity contribution is 0.218. The van der Waals surface area contributed by atoms with Gasteiger partial charge in [0.2, 0.25) is 10.0 Å². The maximum atomic E-state index is 12.8. The standard InChI is InChI=1S/C19H17BrN2O3S/c20-15-6-8-17(9-7-15)26(23,24)22-12-10-16(13-22)25-18-5-1-3-14-4-2-11-21-19(14)18/h1-9,11,16H,10,12-13H2/t16-/m1/s1. The van der Waals surface area contributed by atoms with Gasteiger partial charge in [-0.1, -0.05) is 34.1 Å². The van der Waals surface area contributed by atoms with Gasteiger partial charge in [-0.3, -0.25) is 4.98 Å². The highest BCUT2D eigenvalue weighted by Crippen LogP contribution is 2.28. The first-order valence-electron chi connectivity index (χ1n) is 8.30. The van der Waals surface area contributed by atoms with Gasteiger partial charge in [-0.2, -0.15) is 4.31 Å². The lowest BCUT2D eigenvalue weighted by Crippen LogP contribution is -2.31. The Bertz CT molecular complexity index is 1030. The zero-order valence-electron chi connectivity index (χ0n) is 13.9. The summed E-state index contributed by atoms with van der Waals surface area (Å²) in [5.74, 6) is 0.691. The number of halogens is 1. The predicted molar refractivity (Wildman–Crippen MR) is 104 cm³/mol. The number of pyridine rings is 1. The Balaban J connectivity index is 1.52. The summed E-state index contributed by atoms with van der Waals surface area (Å²) < 4.78 is 34.0. The number of para-hydroxylation sites is 1. The van der Waals surface area contributed by atoms with E-state index in [-0.39, 0.29) is 6.10 Å². The monoisotopic (exact) mass is 432 g/mol. The summed E-state index contributed by atoms with van der Waals surface area (Å²) in [6, 6.07) is 16.3. The molecule has 26 heavy (non-hydrogen) atoms. The molecule has 3 aromatic rings. The Kier molecular flexibility index (Phi) is 4.69. The fourth-order valence-electron chi connectivity index (χ4n) is 3.12. The average Bonchev–Trinajstić information content (AvgIpc) is 3.12. The first-order chi connectivity index (χ1) is 12.5. The van der Waals surface area contributed by atoms with Crippen LogP contribution >= 0.6 is 15.9 Å². The van der Waals surface area contributed by atoms with Gasteiger partial charge >= 0.3 is 0 Å². The minimum Gasteiger partial charge on any atom is -0.487 e. The van der Waals surface area contributed by atoms with Crippen LogP contribution in [0.5, 0.6) is 5.75 Å². The molecule has 0 amide bonds. The van der Waals surface area contributed by atoms with Crippen LogP contribution in [-0.2, 0) is 10.0 Å². The van der Waals surface area contributed by atoms with Crippen LogP contribution in [-0.4, -0.2) is 36.9 Å². The summed E-state index contributed by atoms with van der Waals surface area (Å²) in [7, 11) is -3.51. The molecule has 1 aliphatic heterocycles. The van der Waals surface area contributed by atoms with E-state index in [1.165, 1.54) is 4.31 Å². The average molecular weight is 433 g/mol. The van der Waals surface area contributed by atoms with Crippen molar-refractivity contribution in [3.05, 3.63) is 65.3 Å². The van der Waals surface area contributed by atoms with Crippen LogP contribution in [0, 0.1) is 0 Å². The van der Waals surface area contributed by atoms with Gasteiger partial charge in [0.25, 0.3) is 0 Å². The summed E-state index contributed by atoms with van der Waals surface area (Å²) in [4.78, 5) is 4.68. The quantitative estimate of drug-likeness (QED) is 0.628. The molecular formula is C19H17BrN2O3S. The molecule has 1 fully saturated rings. The van der Waals surface area contributed by atoms with Gasteiger partial charge in [0.1, 0.15) is 17.4 Å². The molecule has 0 spiro atoms. The molecule has 2 aromatic carbocycles. The van der Waals surface area contributed by atoms with Crippen molar-refractivity contribution in [2.75, 3.05) is 13.1 Å². The van der Waals surface area contributed by atoms with Crippen LogP contribution in [0.3, 0.4) is 0 Å². The van der Waals surface area contributed by atoms with Crippen LogP contribution < -0.4 is 4.74 Å². The second-order valence-electron chi connectivity index (χ2n) is 6.18. The van der Waals surface area contributed by atoms with Gasteiger partial charge in [0.15, 0.2) is 0 Å². The van der Waals surface area contributed by atoms with E-state index in [2.05, 4.69) is 20.9 Å². The molecule has 0 bridgehead atoms. The Morgan fingerprint density at radius 3 is 2.65 bits per heavy atom. The third-order valence-corrected chi connectivity index (χ3v) is 6.86. The SMILES string of the molecule is O=S(=O)(c1ccc(Br)cc1)N1CC[C@@H](Oc2cccc3cccnc23)C1. The largest absolute Gasteiger partial charge is 0.487 e. The lowest BCUT2D eigenvalue weighted by Gasteiger charge is -2.18. The lowest BCUT2D eigenvalue weighted by atomic mass is 10.2. The molecule has 134 valence electrons. The van der Waals surface area contributed by atoms with E-state index in [4.69, 9.17) is 4.74 Å². The van der Waals surface area contributed by atoms with Crippen LogP contribution in [0.25, 0.3) is 10.9 Å². The zero-order chi connectivity index (χ0) is 18.1. The van der Waals surface area contributed by atoms with Crippen molar-refractivity contribution in [2.24, 2.45) is 0 Å². The molecule has 4 rings (SSSR count). The molecule has 2 heterocycles. The number of benzene rings is 2. The van der Waals surface area contributed by atoms with Crippen LogP contribution in [0.4, 0.5) is 0 Å². The van der Waals surface area contributed by atoms with Crippen LogP contribution in [0.2, 0.25) is 0 Å². The molecule has 0 N–H and O–H groups in total. The summed E-state index contributed by atoms with van der Waals surface area (Å²) in [5.41, 5.74) is 0.796. The predicted octanol–water partition coefficient (Wildman–Crippen LogP) is 3.84. The molecule has 1 saturated heterocycles. The molecular weight excluding hydrogens is 416 g/mol. The number of hydrogen-bond donors (Lipinski definition) is 0. The van der Waals surface area contributed by atoms with Crippen LogP contribution in [0.15, 0.2) is 70.2 Å². The van der Waals surface area contributed by atoms with Crippen molar-refractivity contribution >= 4 is 36.9 Å². The number of ether oxygens (including phenoxy) is 1.